The first kappa shape index (κ1) is 10.4. The third kappa shape index (κ3) is 1.34. The van der Waals surface area contributed by atoms with Gasteiger partial charge in [-0.15, -0.1) is 11.6 Å². The summed E-state index contributed by atoms with van der Waals surface area (Å²) >= 11 is 5.60. The topological polar surface area (TPSA) is 66.8 Å². The summed E-state index contributed by atoms with van der Waals surface area (Å²) in [5, 5.41) is 9.00. The van der Waals surface area contributed by atoms with Crippen LogP contribution in [0.5, 0.6) is 0 Å². The summed E-state index contributed by atoms with van der Waals surface area (Å²) in [6.45, 7) is 1.90. The van der Waals surface area contributed by atoms with Crippen molar-refractivity contribution in [1.82, 2.24) is 4.90 Å². The van der Waals surface area contributed by atoms with Gasteiger partial charge < -0.3 is 9.84 Å². The second-order valence-electron chi connectivity index (χ2n) is 3.59. The Morgan fingerprint density at radius 1 is 1.73 bits per heavy atom. The molecule has 1 amide bonds. The zero-order valence-electron chi connectivity index (χ0n) is 8.07. The van der Waals surface area contributed by atoms with Crippen LogP contribution in [0.2, 0.25) is 0 Å². The van der Waals surface area contributed by atoms with E-state index in [0.717, 1.165) is 0 Å². The largest absolute Gasteiger partial charge is 0.477 e. The number of carbonyl (C=O) groups is 2. The van der Waals surface area contributed by atoms with Gasteiger partial charge in [0, 0.05) is 11.5 Å². The molecule has 2 aliphatic heterocycles. The maximum Gasteiger partial charge on any atom is 0.352 e. The third-order valence-corrected chi connectivity index (χ3v) is 3.00. The van der Waals surface area contributed by atoms with E-state index in [9.17, 15) is 9.59 Å². The van der Waals surface area contributed by atoms with E-state index < -0.39 is 12.2 Å². The van der Waals surface area contributed by atoms with Crippen molar-refractivity contribution < 1.29 is 19.4 Å². The standard InChI is InChI=1S/C9H10ClNO4/c1-4-7(12)11-6(9(13)14)5(2-10)3-15-8(4)11/h4,8H,2-3H2,1H3,(H,13,14)/t4-,8-/m1/s1. The highest BCUT2D eigenvalue weighted by atomic mass is 35.5. The molecule has 2 atom stereocenters. The molecule has 0 aromatic rings. The Morgan fingerprint density at radius 3 is 2.93 bits per heavy atom. The molecule has 0 radical (unpaired) electrons. The first-order valence-corrected chi connectivity index (χ1v) is 5.07. The molecule has 0 bridgehead atoms. The molecule has 5 nitrogen and oxygen atoms in total. The highest BCUT2D eigenvalue weighted by Gasteiger charge is 2.51. The van der Waals surface area contributed by atoms with Gasteiger partial charge in [0.1, 0.15) is 11.9 Å². The number of aliphatic carboxylic acids is 1. The molecule has 0 unspecified atom stereocenters. The summed E-state index contributed by atoms with van der Waals surface area (Å²) < 4.78 is 5.34. The number of carboxylic acids is 1. The molecule has 0 aliphatic carbocycles. The number of hydrogen-bond acceptors (Lipinski definition) is 3. The van der Waals surface area contributed by atoms with Crippen molar-refractivity contribution in [1.29, 1.82) is 0 Å². The Hall–Kier alpha value is -1.07. The zero-order valence-corrected chi connectivity index (χ0v) is 8.82. The first-order chi connectivity index (χ1) is 7.07. The summed E-state index contributed by atoms with van der Waals surface area (Å²) in [6.07, 6.45) is -0.435. The van der Waals surface area contributed by atoms with E-state index in [1.807, 2.05) is 0 Å². The fraction of sp³-hybridized carbons (Fsp3) is 0.556. The van der Waals surface area contributed by atoms with Gasteiger partial charge >= 0.3 is 5.97 Å². The number of carboxylic acid groups (broad SMARTS) is 1. The highest BCUT2D eigenvalue weighted by Crippen LogP contribution is 2.36. The number of β-lactam (4-membered cyclic amide) rings is 1. The molecule has 2 rings (SSSR count). The SMILES string of the molecule is C[C@@H]1C(=O)N2C(C(=O)O)=C(CCl)CO[C@H]12. The van der Waals surface area contributed by atoms with Crippen molar-refractivity contribution in [3.8, 4) is 0 Å². The minimum atomic E-state index is -1.13. The smallest absolute Gasteiger partial charge is 0.352 e. The lowest BCUT2D eigenvalue weighted by Crippen LogP contribution is -2.63. The van der Waals surface area contributed by atoms with E-state index in [1.165, 1.54) is 4.90 Å². The fourth-order valence-electron chi connectivity index (χ4n) is 1.85. The normalized spacial score (nSPS) is 30.0. The van der Waals surface area contributed by atoms with E-state index in [4.69, 9.17) is 21.4 Å². The van der Waals surface area contributed by atoms with Crippen LogP contribution in [0, 0.1) is 5.92 Å². The van der Waals surface area contributed by atoms with Gasteiger partial charge in [-0.25, -0.2) is 4.79 Å². The number of rotatable bonds is 2. The van der Waals surface area contributed by atoms with Crippen molar-refractivity contribution in [3.63, 3.8) is 0 Å². The van der Waals surface area contributed by atoms with Gasteiger partial charge in [0.05, 0.1) is 12.5 Å². The number of halogens is 1. The number of nitrogens with zero attached hydrogens (tertiary/aromatic N) is 1. The number of carbonyl (C=O) groups excluding carboxylic acids is 1. The van der Waals surface area contributed by atoms with Crippen LogP contribution in [0.4, 0.5) is 0 Å². The molecule has 0 aromatic carbocycles. The average Bonchev–Trinajstić information content (AvgIpc) is 2.25. The van der Waals surface area contributed by atoms with Crippen LogP contribution in [-0.4, -0.2) is 40.6 Å². The number of ether oxygens (including phenoxy) is 1. The molecule has 1 fully saturated rings. The zero-order chi connectivity index (χ0) is 11.2. The number of hydrogen-bond donors (Lipinski definition) is 1. The number of fused-ring (bicyclic) bond motifs is 1. The van der Waals surface area contributed by atoms with Gasteiger partial charge in [0.15, 0.2) is 0 Å². The van der Waals surface area contributed by atoms with E-state index in [2.05, 4.69) is 0 Å². The van der Waals surface area contributed by atoms with Gasteiger partial charge in [-0.2, -0.15) is 0 Å². The number of alkyl halides is 1. The summed E-state index contributed by atoms with van der Waals surface area (Å²) in [7, 11) is 0. The van der Waals surface area contributed by atoms with Gasteiger partial charge in [0.2, 0.25) is 5.91 Å². The Kier molecular flexibility index (Phi) is 2.44. The monoisotopic (exact) mass is 231 g/mol. The average molecular weight is 232 g/mol. The molecular formula is C9H10ClNO4. The molecule has 1 saturated heterocycles. The van der Waals surface area contributed by atoms with E-state index in [0.29, 0.717) is 5.57 Å². The van der Waals surface area contributed by atoms with Crippen molar-refractivity contribution in [2.24, 2.45) is 5.92 Å². The van der Waals surface area contributed by atoms with Crippen LogP contribution in [0.1, 0.15) is 6.92 Å². The quantitative estimate of drug-likeness (QED) is 0.552. The molecule has 2 heterocycles. The van der Waals surface area contributed by atoms with Gasteiger partial charge in [-0.05, 0) is 6.92 Å². The van der Waals surface area contributed by atoms with Gasteiger partial charge in [-0.1, -0.05) is 0 Å². The summed E-state index contributed by atoms with van der Waals surface area (Å²) in [6, 6.07) is 0. The van der Waals surface area contributed by atoms with Crippen LogP contribution in [0.15, 0.2) is 11.3 Å². The Labute approximate surface area is 91.3 Å². The fourth-order valence-corrected chi connectivity index (χ4v) is 2.05. The van der Waals surface area contributed by atoms with Crippen molar-refractivity contribution in [2.75, 3.05) is 12.5 Å². The molecule has 6 heteroatoms. The highest BCUT2D eigenvalue weighted by molar-refractivity contribution is 6.20. The van der Waals surface area contributed by atoms with Gasteiger partial charge in [-0.3, -0.25) is 9.69 Å². The van der Waals surface area contributed by atoms with Crippen LogP contribution in [0.3, 0.4) is 0 Å². The lowest BCUT2D eigenvalue weighted by Gasteiger charge is -2.48. The molecule has 1 N–H and O–H groups in total. The molecule has 0 aromatic heterocycles. The van der Waals surface area contributed by atoms with Crippen molar-refractivity contribution >= 4 is 23.5 Å². The van der Waals surface area contributed by atoms with E-state index in [-0.39, 0.29) is 30.0 Å². The Morgan fingerprint density at radius 2 is 2.40 bits per heavy atom. The minimum Gasteiger partial charge on any atom is -0.477 e. The first-order valence-electron chi connectivity index (χ1n) is 4.54. The van der Waals surface area contributed by atoms with Crippen LogP contribution in [0.25, 0.3) is 0 Å². The molecule has 0 spiro atoms. The van der Waals surface area contributed by atoms with Crippen LogP contribution in [-0.2, 0) is 14.3 Å². The molecule has 0 saturated carbocycles. The lowest BCUT2D eigenvalue weighted by atomic mass is 9.94. The Bertz CT molecular complexity index is 365. The molecular weight excluding hydrogens is 222 g/mol. The van der Waals surface area contributed by atoms with Crippen LogP contribution < -0.4 is 0 Å². The maximum absolute atomic E-state index is 11.5. The lowest BCUT2D eigenvalue weighted by molar-refractivity contribution is -0.190. The second-order valence-corrected chi connectivity index (χ2v) is 3.86. The number of amides is 1. The predicted octanol–water partition coefficient (Wildman–Crippen LogP) is 0.399. The molecule has 15 heavy (non-hydrogen) atoms. The predicted molar refractivity (Wildman–Crippen MR) is 51.1 cm³/mol. The van der Waals surface area contributed by atoms with Gasteiger partial charge in [0.25, 0.3) is 0 Å². The van der Waals surface area contributed by atoms with Crippen LogP contribution >= 0.6 is 11.6 Å². The maximum atomic E-state index is 11.5. The summed E-state index contributed by atoms with van der Waals surface area (Å²) in [5.74, 6) is -1.55. The minimum absolute atomic E-state index is 0.00986. The van der Waals surface area contributed by atoms with Crippen molar-refractivity contribution in [2.45, 2.75) is 13.2 Å². The second kappa shape index (κ2) is 3.50. The molecule has 2 aliphatic rings. The van der Waals surface area contributed by atoms with E-state index in [1.54, 1.807) is 6.92 Å². The van der Waals surface area contributed by atoms with Crippen molar-refractivity contribution in [3.05, 3.63) is 11.3 Å². The summed E-state index contributed by atoms with van der Waals surface area (Å²) in [4.78, 5) is 23.7. The third-order valence-electron chi connectivity index (χ3n) is 2.68. The summed E-state index contributed by atoms with van der Waals surface area (Å²) in [5.41, 5.74) is 0.435. The Balaban J connectivity index is 2.38. The molecule has 82 valence electrons. The van der Waals surface area contributed by atoms with E-state index >= 15 is 0 Å².